The molecule has 0 aromatic carbocycles. The Kier molecular flexibility index (Phi) is 23.0. The van der Waals surface area contributed by atoms with Gasteiger partial charge >= 0.3 is 33.3 Å². The fraction of sp³-hybridized carbons (Fsp3) is 0.944. The number of aliphatic carboxylic acids is 1. The van der Waals surface area contributed by atoms with Crippen LogP contribution in [0.3, 0.4) is 0 Å². The van der Waals surface area contributed by atoms with Gasteiger partial charge in [0.2, 0.25) is 0 Å². The van der Waals surface area contributed by atoms with Crippen molar-refractivity contribution in [2.24, 2.45) is 0 Å². The summed E-state index contributed by atoms with van der Waals surface area (Å²) in [6.07, 6.45) is 20.2. The zero-order valence-electron chi connectivity index (χ0n) is 14.4. The molecule has 126 valence electrons. The van der Waals surface area contributed by atoms with Gasteiger partial charge in [0, 0.05) is 6.42 Å². The van der Waals surface area contributed by atoms with Crippen molar-refractivity contribution in [1.29, 1.82) is 0 Å². The van der Waals surface area contributed by atoms with E-state index in [2.05, 4.69) is 6.92 Å². The Morgan fingerprint density at radius 3 is 1.19 bits per heavy atom. The van der Waals surface area contributed by atoms with Crippen LogP contribution in [-0.2, 0) is 4.79 Å². The Labute approximate surface area is 152 Å². The van der Waals surface area contributed by atoms with E-state index in [1.165, 1.54) is 83.5 Å². The second-order valence-electron chi connectivity index (χ2n) is 6.09. The first-order valence-electron chi connectivity index (χ1n) is 8.99. The Morgan fingerprint density at radius 2 is 0.905 bits per heavy atom. The van der Waals surface area contributed by atoms with Crippen molar-refractivity contribution in [3.63, 3.8) is 0 Å². The number of carboxylic acids is 1. The molecule has 2 radical (unpaired) electrons. The maximum absolute atomic E-state index is 10.3. The predicted octanol–water partition coefficient (Wildman–Crippen LogP) is 5.42. The molecule has 0 spiro atoms. The summed E-state index contributed by atoms with van der Waals surface area (Å²) in [4.78, 5) is 10.3. The van der Waals surface area contributed by atoms with Gasteiger partial charge in [-0.2, -0.15) is 0 Å². The zero-order valence-corrected chi connectivity index (χ0v) is 19.9. The third-order valence-corrected chi connectivity index (χ3v) is 3.99. The molecule has 1 N–H and O–H groups in total. The van der Waals surface area contributed by atoms with Crippen LogP contribution in [0.1, 0.15) is 110 Å². The van der Waals surface area contributed by atoms with Gasteiger partial charge in [0.1, 0.15) is 0 Å². The van der Waals surface area contributed by atoms with E-state index in [0.717, 1.165) is 12.8 Å². The first-order chi connectivity index (χ1) is 9.77. The van der Waals surface area contributed by atoms with Crippen LogP contribution in [0.15, 0.2) is 0 Å². The summed E-state index contributed by atoms with van der Waals surface area (Å²) >= 11 is 0. The Balaban J connectivity index is 0. The van der Waals surface area contributed by atoms with Gasteiger partial charge in [0.25, 0.3) is 0 Å². The normalized spacial score (nSPS) is 10.3. The van der Waals surface area contributed by atoms with Crippen LogP contribution >= 0.6 is 0 Å². The fourth-order valence-corrected chi connectivity index (χ4v) is 2.65. The van der Waals surface area contributed by atoms with Crippen molar-refractivity contribution >= 4 is 33.3 Å². The van der Waals surface area contributed by atoms with Gasteiger partial charge in [0.15, 0.2) is 0 Å². The molecule has 0 aromatic heterocycles. The van der Waals surface area contributed by atoms with Crippen LogP contribution < -0.4 is 0 Å². The molecule has 0 saturated heterocycles. The molecule has 0 bridgehead atoms. The summed E-state index contributed by atoms with van der Waals surface area (Å²) in [6, 6.07) is 0. The minimum absolute atomic E-state index is 0. The monoisotopic (exact) mass is 494 g/mol. The third kappa shape index (κ3) is 22.8. The summed E-state index contributed by atoms with van der Waals surface area (Å²) in [6.45, 7) is 2.27. The summed E-state index contributed by atoms with van der Waals surface area (Å²) < 4.78 is 0. The summed E-state index contributed by atoms with van der Waals surface area (Å²) in [5, 5.41) is 8.52. The quantitative estimate of drug-likeness (QED) is 0.230. The number of unbranched alkanes of at least 4 members (excludes halogenated alkanes) is 14. The van der Waals surface area contributed by atoms with Crippen LogP contribution in [0.5, 0.6) is 0 Å². The molecule has 2 nitrogen and oxygen atoms in total. The van der Waals surface area contributed by atoms with Gasteiger partial charge in [-0.25, -0.2) is 0 Å². The number of carboxylic acid groups (broad SMARTS) is 1. The summed E-state index contributed by atoms with van der Waals surface area (Å²) in [5.41, 5.74) is 0. The van der Waals surface area contributed by atoms with E-state index >= 15 is 0 Å². The molecule has 0 aliphatic carbocycles. The van der Waals surface area contributed by atoms with Gasteiger partial charge in [-0.15, -0.1) is 0 Å². The third-order valence-electron chi connectivity index (χ3n) is 3.99. The molecule has 0 rings (SSSR count). The van der Waals surface area contributed by atoms with Gasteiger partial charge in [0.05, 0.1) is 0 Å². The van der Waals surface area contributed by atoms with Gasteiger partial charge < -0.3 is 5.11 Å². The standard InChI is InChI=1S/C18H36O2.Pb.2H/c1-2-3-4-5-6-7-8-9-10-11-12-13-14-15-16-17-18(19)20;;;/h2-17H2,1H3,(H,19,20);;;. The van der Waals surface area contributed by atoms with E-state index in [0.29, 0.717) is 6.42 Å². The van der Waals surface area contributed by atoms with Crippen LogP contribution in [0, 0.1) is 0 Å². The average Bonchev–Trinajstić information content (AvgIpc) is 2.43. The molecule has 3 heteroatoms. The molecular formula is C18H38O2Pb. The van der Waals surface area contributed by atoms with Crippen molar-refractivity contribution in [1.82, 2.24) is 0 Å². The molecule has 0 fully saturated rings. The van der Waals surface area contributed by atoms with Crippen molar-refractivity contribution in [2.75, 3.05) is 0 Å². The molecular weight excluding hydrogens is 455 g/mol. The molecule has 0 amide bonds. The maximum atomic E-state index is 10.3. The number of hydrogen-bond acceptors (Lipinski definition) is 1. The van der Waals surface area contributed by atoms with Crippen LogP contribution in [0.4, 0.5) is 0 Å². The first kappa shape index (κ1) is 23.7. The van der Waals surface area contributed by atoms with Gasteiger partial charge in [-0.1, -0.05) is 96.8 Å². The summed E-state index contributed by atoms with van der Waals surface area (Å²) in [7, 11) is 0. The Bertz CT molecular complexity index is 207. The predicted molar refractivity (Wildman–Crippen MR) is 95.7 cm³/mol. The molecule has 0 aromatic rings. The Hall–Kier alpha value is 0.392. The van der Waals surface area contributed by atoms with Gasteiger partial charge in [-0.3, -0.25) is 4.79 Å². The molecule has 0 aliphatic rings. The first-order valence-corrected chi connectivity index (χ1v) is 8.99. The topological polar surface area (TPSA) is 37.3 Å². The fourth-order valence-electron chi connectivity index (χ4n) is 2.65. The van der Waals surface area contributed by atoms with Crippen molar-refractivity contribution in [3.05, 3.63) is 0 Å². The average molecular weight is 494 g/mol. The van der Waals surface area contributed by atoms with E-state index < -0.39 is 5.97 Å². The summed E-state index contributed by atoms with van der Waals surface area (Å²) in [5.74, 6) is -0.653. The second-order valence-corrected chi connectivity index (χ2v) is 6.09. The minimum atomic E-state index is -0.653. The molecule has 0 heterocycles. The van der Waals surface area contributed by atoms with Gasteiger partial charge in [-0.05, 0) is 6.42 Å². The molecule has 0 atom stereocenters. The number of rotatable bonds is 16. The number of hydrogen-bond donors (Lipinski definition) is 1. The van der Waals surface area contributed by atoms with Crippen LogP contribution in [-0.4, -0.2) is 38.4 Å². The van der Waals surface area contributed by atoms with E-state index in [1.54, 1.807) is 0 Å². The van der Waals surface area contributed by atoms with E-state index in [4.69, 9.17) is 5.11 Å². The van der Waals surface area contributed by atoms with Crippen LogP contribution in [0.2, 0.25) is 0 Å². The van der Waals surface area contributed by atoms with Crippen LogP contribution in [0.25, 0.3) is 0 Å². The van der Waals surface area contributed by atoms with Crippen molar-refractivity contribution < 1.29 is 9.90 Å². The van der Waals surface area contributed by atoms with Crippen molar-refractivity contribution in [2.45, 2.75) is 110 Å². The molecule has 0 unspecified atom stereocenters. The molecule has 0 aliphatic heterocycles. The van der Waals surface area contributed by atoms with E-state index in [1.807, 2.05) is 0 Å². The Morgan fingerprint density at radius 1 is 0.619 bits per heavy atom. The van der Waals surface area contributed by atoms with E-state index in [-0.39, 0.29) is 27.3 Å². The second kappa shape index (κ2) is 20.4. The SMILES string of the molecule is CCCCCCCCCCCCCCCCCC(=O)O.[PbH2]. The zero-order chi connectivity index (χ0) is 14.9. The van der Waals surface area contributed by atoms with E-state index in [9.17, 15) is 4.79 Å². The molecule has 0 saturated carbocycles. The number of carbonyl (C=O) groups is 1. The molecule has 21 heavy (non-hydrogen) atoms. The van der Waals surface area contributed by atoms with Crippen molar-refractivity contribution in [3.8, 4) is 0 Å².